The standard InChI is InChI=1S/C23H27F3N6O4S/c24-23(25,26)17-12-30-22(31-13-3-1-2-4-13)32-18(17)16-11-29-19-14(16)5-6-15(20(19)37(34)35)21(33)28-8-10-36-9-7-27/h5-6,11-13,29,37H,1-4,7-10,27H2,(H,28,33)(H,30,31,32). The number of thiol groups is 1. The zero-order valence-corrected chi connectivity index (χ0v) is 20.6. The first-order valence-corrected chi connectivity index (χ1v) is 12.9. The lowest BCUT2D eigenvalue weighted by atomic mass is 10.0. The zero-order chi connectivity index (χ0) is 26.6. The van der Waals surface area contributed by atoms with Crippen LogP contribution < -0.4 is 16.4 Å². The number of aromatic amines is 1. The molecule has 1 aliphatic carbocycles. The fourth-order valence-corrected chi connectivity index (χ4v) is 5.13. The molecule has 1 aromatic carbocycles. The second-order valence-electron chi connectivity index (χ2n) is 8.58. The summed E-state index contributed by atoms with van der Waals surface area (Å²) in [4.78, 5) is 23.1. The SMILES string of the molecule is NCCOCCNC(=O)c1ccc2c(-c3nc(NC4CCCC4)ncc3C(F)(F)F)c[nH]c2c1[SH](=O)=O. The van der Waals surface area contributed by atoms with E-state index in [1.54, 1.807) is 0 Å². The van der Waals surface area contributed by atoms with Crippen molar-refractivity contribution in [3.05, 3.63) is 35.7 Å². The number of halogens is 3. The molecule has 200 valence electrons. The van der Waals surface area contributed by atoms with Crippen LogP contribution in [0.25, 0.3) is 22.2 Å². The maximum absolute atomic E-state index is 13.9. The van der Waals surface area contributed by atoms with Crippen LogP contribution in [-0.2, 0) is 21.6 Å². The monoisotopic (exact) mass is 540 g/mol. The average molecular weight is 541 g/mol. The molecule has 1 aliphatic rings. The van der Waals surface area contributed by atoms with Crippen molar-refractivity contribution in [1.29, 1.82) is 0 Å². The first-order chi connectivity index (χ1) is 17.7. The Balaban J connectivity index is 1.73. The molecule has 0 spiro atoms. The molecule has 4 rings (SSSR count). The molecule has 0 radical (unpaired) electrons. The number of amides is 1. The Morgan fingerprint density at radius 3 is 2.65 bits per heavy atom. The number of rotatable bonds is 10. The smallest absolute Gasteiger partial charge is 0.378 e. The van der Waals surface area contributed by atoms with Gasteiger partial charge in [0.05, 0.1) is 30.0 Å². The normalized spacial score (nSPS) is 14.5. The van der Waals surface area contributed by atoms with Gasteiger partial charge in [-0.2, -0.15) is 13.2 Å². The molecule has 2 heterocycles. The van der Waals surface area contributed by atoms with Gasteiger partial charge in [-0.05, 0) is 18.9 Å². The fourth-order valence-electron chi connectivity index (χ4n) is 4.39. The number of fused-ring (bicyclic) bond motifs is 1. The van der Waals surface area contributed by atoms with E-state index in [0.717, 1.165) is 31.9 Å². The number of carbonyl (C=O) groups excluding carboxylic acids is 1. The Hall–Kier alpha value is -3.23. The van der Waals surface area contributed by atoms with Gasteiger partial charge < -0.3 is 26.1 Å². The third-order valence-electron chi connectivity index (χ3n) is 6.09. The van der Waals surface area contributed by atoms with Gasteiger partial charge in [0, 0.05) is 42.5 Å². The van der Waals surface area contributed by atoms with Crippen molar-refractivity contribution >= 4 is 33.5 Å². The molecular formula is C23H27F3N6O4S. The Labute approximate surface area is 212 Å². The Kier molecular flexibility index (Phi) is 8.29. The minimum atomic E-state index is -4.75. The fraction of sp³-hybridized carbons (Fsp3) is 0.435. The predicted molar refractivity (Wildman–Crippen MR) is 131 cm³/mol. The number of aromatic nitrogens is 3. The molecule has 0 aliphatic heterocycles. The molecule has 0 unspecified atom stereocenters. The number of carbonyl (C=O) groups is 1. The van der Waals surface area contributed by atoms with Gasteiger partial charge in [0.15, 0.2) is 10.7 Å². The predicted octanol–water partition coefficient (Wildman–Crippen LogP) is 2.67. The number of benzene rings is 1. The van der Waals surface area contributed by atoms with Gasteiger partial charge in [0.2, 0.25) is 5.95 Å². The Bertz CT molecular complexity index is 1340. The van der Waals surface area contributed by atoms with Crippen LogP contribution in [0.3, 0.4) is 0 Å². The molecular weight excluding hydrogens is 513 g/mol. The van der Waals surface area contributed by atoms with Gasteiger partial charge in [-0.25, -0.2) is 18.4 Å². The number of anilines is 1. The summed E-state index contributed by atoms with van der Waals surface area (Å²) in [7, 11) is -3.28. The van der Waals surface area contributed by atoms with Gasteiger partial charge in [-0.3, -0.25) is 4.79 Å². The topological polar surface area (TPSA) is 152 Å². The number of alkyl halides is 3. The largest absolute Gasteiger partial charge is 0.419 e. The molecule has 0 atom stereocenters. The molecule has 3 aromatic rings. The van der Waals surface area contributed by atoms with E-state index in [9.17, 15) is 26.4 Å². The number of nitrogens with two attached hydrogens (primary N) is 1. The molecule has 0 saturated heterocycles. The maximum atomic E-state index is 13.9. The van der Waals surface area contributed by atoms with Crippen molar-refractivity contribution in [1.82, 2.24) is 20.3 Å². The van der Waals surface area contributed by atoms with Crippen LogP contribution in [-0.4, -0.2) is 61.6 Å². The van der Waals surface area contributed by atoms with Crippen molar-refractivity contribution in [2.75, 3.05) is 31.6 Å². The van der Waals surface area contributed by atoms with Gasteiger partial charge in [-0.1, -0.05) is 18.9 Å². The van der Waals surface area contributed by atoms with E-state index in [0.29, 0.717) is 13.2 Å². The van der Waals surface area contributed by atoms with E-state index in [1.165, 1.54) is 18.3 Å². The Morgan fingerprint density at radius 2 is 1.97 bits per heavy atom. The van der Waals surface area contributed by atoms with Crippen molar-refractivity contribution < 1.29 is 31.1 Å². The summed E-state index contributed by atoms with van der Waals surface area (Å²) in [6, 6.07) is 2.74. The molecule has 37 heavy (non-hydrogen) atoms. The molecule has 2 aromatic heterocycles. The summed E-state index contributed by atoms with van der Waals surface area (Å²) in [5, 5.41) is 5.83. The van der Waals surface area contributed by atoms with Gasteiger partial charge in [0.25, 0.3) is 5.91 Å². The Morgan fingerprint density at radius 1 is 1.22 bits per heavy atom. The lowest BCUT2D eigenvalue weighted by molar-refractivity contribution is -0.137. The summed E-state index contributed by atoms with van der Waals surface area (Å²) in [5.74, 6) is -0.600. The zero-order valence-electron chi connectivity index (χ0n) is 19.7. The van der Waals surface area contributed by atoms with E-state index in [2.05, 4.69) is 25.6 Å². The highest BCUT2D eigenvalue weighted by Gasteiger charge is 2.36. The summed E-state index contributed by atoms with van der Waals surface area (Å²) >= 11 is 0. The third kappa shape index (κ3) is 6.02. The minimum absolute atomic E-state index is 0.00943. The van der Waals surface area contributed by atoms with Gasteiger partial charge >= 0.3 is 6.18 Å². The quantitative estimate of drug-likeness (QED) is 0.194. The third-order valence-corrected chi connectivity index (χ3v) is 6.92. The summed E-state index contributed by atoms with van der Waals surface area (Å²) < 4.78 is 71.1. The molecule has 5 N–H and O–H groups in total. The molecule has 1 saturated carbocycles. The summed E-state index contributed by atoms with van der Waals surface area (Å²) in [5.41, 5.74) is 3.79. The van der Waals surface area contributed by atoms with Crippen LogP contribution in [0.2, 0.25) is 0 Å². The van der Waals surface area contributed by atoms with Crippen LogP contribution in [0, 0.1) is 0 Å². The van der Waals surface area contributed by atoms with Crippen LogP contribution >= 0.6 is 0 Å². The molecule has 1 fully saturated rings. The average Bonchev–Trinajstić information content (AvgIpc) is 3.52. The summed E-state index contributed by atoms with van der Waals surface area (Å²) in [6.45, 7) is 0.934. The lowest BCUT2D eigenvalue weighted by Crippen LogP contribution is -2.28. The van der Waals surface area contributed by atoms with Gasteiger partial charge in [-0.15, -0.1) is 0 Å². The molecule has 14 heteroatoms. The van der Waals surface area contributed by atoms with Crippen LogP contribution in [0.5, 0.6) is 0 Å². The minimum Gasteiger partial charge on any atom is -0.378 e. The number of hydrogen-bond donors (Lipinski definition) is 5. The van der Waals surface area contributed by atoms with Crippen LogP contribution in [0.4, 0.5) is 19.1 Å². The van der Waals surface area contributed by atoms with Crippen molar-refractivity contribution in [2.45, 2.75) is 42.8 Å². The van der Waals surface area contributed by atoms with E-state index >= 15 is 0 Å². The number of hydrogen-bond acceptors (Lipinski definition) is 8. The summed E-state index contributed by atoms with van der Waals surface area (Å²) in [6.07, 6.45) is 1.01. The van der Waals surface area contributed by atoms with Crippen molar-refractivity contribution in [3.8, 4) is 11.3 Å². The first kappa shape index (κ1) is 26.8. The van der Waals surface area contributed by atoms with Crippen LogP contribution in [0.15, 0.2) is 29.4 Å². The number of nitrogens with one attached hydrogen (secondary N) is 3. The van der Waals surface area contributed by atoms with Crippen molar-refractivity contribution in [3.63, 3.8) is 0 Å². The van der Waals surface area contributed by atoms with E-state index in [1.807, 2.05) is 0 Å². The van der Waals surface area contributed by atoms with Crippen molar-refractivity contribution in [2.24, 2.45) is 5.73 Å². The number of nitrogens with zero attached hydrogens (tertiary/aromatic N) is 2. The second kappa shape index (κ2) is 11.4. The second-order valence-corrected chi connectivity index (χ2v) is 9.54. The number of ether oxygens (including phenoxy) is 1. The molecule has 1 amide bonds. The molecule has 10 nitrogen and oxygen atoms in total. The van der Waals surface area contributed by atoms with E-state index < -0.39 is 34.0 Å². The number of H-pyrrole nitrogens is 1. The van der Waals surface area contributed by atoms with Crippen LogP contribution in [0.1, 0.15) is 41.6 Å². The maximum Gasteiger partial charge on any atom is 0.419 e. The first-order valence-electron chi connectivity index (χ1n) is 11.8. The highest BCUT2D eigenvalue weighted by Crippen LogP contribution is 2.40. The lowest BCUT2D eigenvalue weighted by Gasteiger charge is -2.16. The highest BCUT2D eigenvalue weighted by molar-refractivity contribution is 7.72. The molecule has 0 bridgehead atoms. The van der Waals surface area contributed by atoms with E-state index in [-0.39, 0.29) is 52.1 Å². The van der Waals surface area contributed by atoms with E-state index in [4.69, 9.17) is 10.5 Å². The highest BCUT2D eigenvalue weighted by atomic mass is 32.2. The van der Waals surface area contributed by atoms with Gasteiger partial charge in [0.1, 0.15) is 10.5 Å².